The van der Waals surface area contributed by atoms with Gasteiger partial charge < -0.3 is 9.47 Å². The highest BCUT2D eigenvalue weighted by molar-refractivity contribution is 4.52. The van der Waals surface area contributed by atoms with E-state index in [-0.39, 0.29) is 25.7 Å². The van der Waals surface area contributed by atoms with E-state index in [0.717, 1.165) is 38.5 Å². The maximum absolute atomic E-state index is 5.35. The highest BCUT2D eigenvalue weighted by Crippen LogP contribution is 2.19. The van der Waals surface area contributed by atoms with Gasteiger partial charge in [0.1, 0.15) is 0 Å². The summed E-state index contributed by atoms with van der Waals surface area (Å²) in [7, 11) is 0. The van der Waals surface area contributed by atoms with E-state index in [4.69, 9.17) is 24.1 Å². The predicted octanol–water partition coefficient (Wildman–Crippen LogP) is 2.24. The molecular formula is C11H20O6. The van der Waals surface area contributed by atoms with E-state index < -0.39 is 0 Å². The molecule has 2 aliphatic rings. The molecule has 2 aliphatic heterocycles. The van der Waals surface area contributed by atoms with E-state index in [0.29, 0.717) is 0 Å². The van der Waals surface area contributed by atoms with Crippen LogP contribution in [0.5, 0.6) is 0 Å². The zero-order valence-electron chi connectivity index (χ0n) is 10.1. The van der Waals surface area contributed by atoms with Gasteiger partial charge in [-0.1, -0.05) is 12.8 Å². The highest BCUT2D eigenvalue weighted by atomic mass is 17.3. The molecular weight excluding hydrogens is 228 g/mol. The standard InChI is InChI=1S/C11H20O6/c1-9-14-11(17-15-9)7-5-3-2-4-6-10-12-8-13-16-10/h9-11H,2-8H2,1H3. The van der Waals surface area contributed by atoms with E-state index in [2.05, 4.69) is 4.89 Å². The normalized spacial score (nSPS) is 33.4. The zero-order chi connectivity index (χ0) is 11.9. The average Bonchev–Trinajstić information content (AvgIpc) is 2.95. The first-order valence-corrected chi connectivity index (χ1v) is 6.22. The molecule has 0 aromatic rings. The van der Waals surface area contributed by atoms with E-state index in [1.807, 2.05) is 6.92 Å². The summed E-state index contributed by atoms with van der Waals surface area (Å²) >= 11 is 0. The van der Waals surface area contributed by atoms with Gasteiger partial charge in [-0.2, -0.15) is 0 Å². The first-order valence-electron chi connectivity index (χ1n) is 6.22. The maximum atomic E-state index is 5.35. The van der Waals surface area contributed by atoms with Crippen molar-refractivity contribution in [2.75, 3.05) is 6.79 Å². The third kappa shape index (κ3) is 4.87. The highest BCUT2D eigenvalue weighted by Gasteiger charge is 2.23. The number of ether oxygens (including phenoxy) is 2. The fourth-order valence-corrected chi connectivity index (χ4v) is 1.86. The molecule has 0 spiro atoms. The van der Waals surface area contributed by atoms with Crippen LogP contribution in [0, 0.1) is 0 Å². The molecule has 2 fully saturated rings. The first-order chi connectivity index (χ1) is 8.34. The van der Waals surface area contributed by atoms with Crippen LogP contribution >= 0.6 is 0 Å². The van der Waals surface area contributed by atoms with E-state index in [1.165, 1.54) is 0 Å². The Hall–Kier alpha value is -0.240. The van der Waals surface area contributed by atoms with Crippen LogP contribution in [0.2, 0.25) is 0 Å². The largest absolute Gasteiger partial charge is 0.320 e. The van der Waals surface area contributed by atoms with E-state index >= 15 is 0 Å². The van der Waals surface area contributed by atoms with Crippen molar-refractivity contribution < 1.29 is 29.0 Å². The molecule has 0 saturated carbocycles. The van der Waals surface area contributed by atoms with Crippen LogP contribution in [0.4, 0.5) is 0 Å². The Morgan fingerprint density at radius 1 is 0.882 bits per heavy atom. The molecule has 2 rings (SSSR count). The van der Waals surface area contributed by atoms with Gasteiger partial charge in [0, 0.05) is 12.8 Å². The molecule has 0 radical (unpaired) electrons. The Labute approximate surface area is 101 Å². The molecule has 6 heteroatoms. The molecule has 3 atom stereocenters. The maximum Gasteiger partial charge on any atom is 0.194 e. The third-order valence-electron chi connectivity index (χ3n) is 2.75. The van der Waals surface area contributed by atoms with Gasteiger partial charge in [-0.15, -0.1) is 0 Å². The lowest BCUT2D eigenvalue weighted by Crippen LogP contribution is -2.09. The third-order valence-corrected chi connectivity index (χ3v) is 2.75. The summed E-state index contributed by atoms with van der Waals surface area (Å²) < 4.78 is 10.5. The number of hydrogen-bond acceptors (Lipinski definition) is 6. The van der Waals surface area contributed by atoms with Crippen molar-refractivity contribution in [1.29, 1.82) is 0 Å². The Kier molecular flexibility index (Phi) is 5.63. The fraction of sp³-hybridized carbons (Fsp3) is 1.00. The molecule has 2 heterocycles. The molecule has 100 valence electrons. The van der Waals surface area contributed by atoms with Crippen molar-refractivity contribution in [2.24, 2.45) is 0 Å². The summed E-state index contributed by atoms with van der Waals surface area (Å²) in [6, 6.07) is 0. The second-order valence-electron chi connectivity index (χ2n) is 4.25. The lowest BCUT2D eigenvalue weighted by Gasteiger charge is -2.07. The minimum Gasteiger partial charge on any atom is -0.320 e. The first kappa shape index (κ1) is 13.2. The second kappa shape index (κ2) is 7.25. The quantitative estimate of drug-likeness (QED) is 0.508. The summed E-state index contributed by atoms with van der Waals surface area (Å²) in [5.41, 5.74) is 0. The van der Waals surface area contributed by atoms with E-state index in [9.17, 15) is 0 Å². The Balaban J connectivity index is 1.38. The Morgan fingerprint density at radius 3 is 2.24 bits per heavy atom. The lowest BCUT2D eigenvalue weighted by molar-refractivity contribution is -0.294. The summed E-state index contributed by atoms with van der Waals surface area (Å²) in [4.78, 5) is 19.3. The lowest BCUT2D eigenvalue weighted by atomic mass is 10.1. The van der Waals surface area contributed by atoms with Crippen molar-refractivity contribution >= 4 is 0 Å². The average molecular weight is 248 g/mol. The Bertz CT molecular complexity index is 206. The van der Waals surface area contributed by atoms with Gasteiger partial charge in [0.05, 0.1) is 0 Å². The molecule has 17 heavy (non-hydrogen) atoms. The van der Waals surface area contributed by atoms with Gasteiger partial charge in [0.25, 0.3) is 0 Å². The van der Waals surface area contributed by atoms with Crippen molar-refractivity contribution in [3.8, 4) is 0 Å². The SMILES string of the molecule is CC1OOC(CCCCCCC2OCOO2)O1. The van der Waals surface area contributed by atoms with Crippen molar-refractivity contribution in [2.45, 2.75) is 64.3 Å². The number of hydrogen-bond donors (Lipinski definition) is 0. The topological polar surface area (TPSA) is 55.4 Å². The minimum absolute atomic E-state index is 0.175. The Morgan fingerprint density at radius 2 is 1.65 bits per heavy atom. The van der Waals surface area contributed by atoms with E-state index in [1.54, 1.807) is 0 Å². The van der Waals surface area contributed by atoms with Gasteiger partial charge >= 0.3 is 0 Å². The summed E-state index contributed by atoms with van der Waals surface area (Å²) in [6.07, 6.45) is 5.59. The molecule has 0 N–H and O–H groups in total. The number of rotatable bonds is 7. The minimum atomic E-state index is -0.239. The monoisotopic (exact) mass is 248 g/mol. The molecule has 0 aliphatic carbocycles. The van der Waals surface area contributed by atoms with Crippen LogP contribution in [-0.4, -0.2) is 25.7 Å². The molecule has 0 aromatic carbocycles. The molecule has 6 nitrogen and oxygen atoms in total. The van der Waals surface area contributed by atoms with Gasteiger partial charge in [0.2, 0.25) is 0 Å². The predicted molar refractivity (Wildman–Crippen MR) is 56.1 cm³/mol. The van der Waals surface area contributed by atoms with Gasteiger partial charge in [-0.3, -0.25) is 0 Å². The summed E-state index contributed by atoms with van der Waals surface area (Å²) in [5.74, 6) is 0. The molecule has 0 aromatic heterocycles. The van der Waals surface area contributed by atoms with Crippen molar-refractivity contribution in [3.63, 3.8) is 0 Å². The van der Waals surface area contributed by atoms with Gasteiger partial charge in [-0.05, 0) is 19.8 Å². The zero-order valence-corrected chi connectivity index (χ0v) is 10.1. The molecule has 3 unspecified atom stereocenters. The number of unbranched alkanes of at least 4 members (excludes halogenated alkanes) is 3. The molecule has 0 bridgehead atoms. The van der Waals surface area contributed by atoms with Crippen molar-refractivity contribution in [1.82, 2.24) is 0 Å². The van der Waals surface area contributed by atoms with Crippen LogP contribution in [0.1, 0.15) is 45.4 Å². The summed E-state index contributed by atoms with van der Waals surface area (Å²) in [6.45, 7) is 2.07. The van der Waals surface area contributed by atoms with Crippen LogP contribution in [0.15, 0.2) is 0 Å². The van der Waals surface area contributed by atoms with Crippen LogP contribution in [-0.2, 0) is 29.0 Å². The summed E-state index contributed by atoms with van der Waals surface area (Å²) in [5, 5.41) is 0. The van der Waals surface area contributed by atoms with Crippen LogP contribution in [0.3, 0.4) is 0 Å². The molecule has 0 amide bonds. The second-order valence-corrected chi connectivity index (χ2v) is 4.25. The van der Waals surface area contributed by atoms with Gasteiger partial charge in [0.15, 0.2) is 25.7 Å². The van der Waals surface area contributed by atoms with Crippen LogP contribution in [0.25, 0.3) is 0 Å². The van der Waals surface area contributed by atoms with Gasteiger partial charge in [-0.25, -0.2) is 19.6 Å². The smallest absolute Gasteiger partial charge is 0.194 e. The van der Waals surface area contributed by atoms with Crippen LogP contribution < -0.4 is 0 Å². The molecule has 2 saturated heterocycles. The fourth-order valence-electron chi connectivity index (χ4n) is 1.86. The van der Waals surface area contributed by atoms with Crippen molar-refractivity contribution in [3.05, 3.63) is 0 Å².